The summed E-state index contributed by atoms with van der Waals surface area (Å²) in [5, 5.41) is 19.6. The van der Waals surface area contributed by atoms with E-state index in [1.54, 1.807) is 19.3 Å². The zero-order valence-corrected chi connectivity index (χ0v) is 11.2. The summed E-state index contributed by atoms with van der Waals surface area (Å²) in [6.45, 7) is 1.93. The van der Waals surface area contributed by atoms with Gasteiger partial charge < -0.3 is 5.32 Å². The number of aromatic nitrogens is 7. The third-order valence-electron chi connectivity index (χ3n) is 2.82. The number of carbonyl (C=O) groups is 1. The number of pyridine rings is 1. The molecule has 0 saturated carbocycles. The minimum atomic E-state index is -0.317. The Bertz CT molecular complexity index is 747. The fourth-order valence-corrected chi connectivity index (χ4v) is 1.75. The van der Waals surface area contributed by atoms with E-state index in [0.717, 1.165) is 5.56 Å². The van der Waals surface area contributed by atoms with Crippen molar-refractivity contribution in [2.45, 2.75) is 13.5 Å². The van der Waals surface area contributed by atoms with E-state index in [-0.39, 0.29) is 18.1 Å². The number of carbonyl (C=O) groups excluding carboxylic acids is 1. The maximum absolute atomic E-state index is 11.9. The minimum absolute atomic E-state index is 0.225. The lowest BCUT2D eigenvalue weighted by Gasteiger charge is -1.99. The number of aromatic amines is 2. The van der Waals surface area contributed by atoms with Gasteiger partial charge >= 0.3 is 0 Å². The molecule has 0 aromatic carbocycles. The number of aryl methyl sites for hydroxylation is 1. The molecule has 0 bridgehead atoms. The van der Waals surface area contributed by atoms with Gasteiger partial charge in [0.2, 0.25) is 0 Å². The van der Waals surface area contributed by atoms with Crippen LogP contribution >= 0.6 is 0 Å². The SMILES string of the molecule is Cc1n[nH]nc1C(=O)NCc1nc(-c2ccncc2)n[nH]1. The van der Waals surface area contributed by atoms with Gasteiger partial charge in [-0.1, -0.05) is 0 Å². The first-order valence-electron chi connectivity index (χ1n) is 6.21. The molecule has 1 amide bonds. The van der Waals surface area contributed by atoms with Gasteiger partial charge in [0, 0.05) is 18.0 Å². The number of hydrogen-bond acceptors (Lipinski definition) is 6. The molecule has 9 heteroatoms. The van der Waals surface area contributed by atoms with Crippen LogP contribution in [-0.2, 0) is 6.54 Å². The first kappa shape index (κ1) is 12.9. The molecule has 0 aliphatic carbocycles. The Hall–Kier alpha value is -3.10. The van der Waals surface area contributed by atoms with Gasteiger partial charge in [0.05, 0.1) is 12.2 Å². The molecule has 0 unspecified atom stereocenters. The molecule has 0 spiro atoms. The summed E-state index contributed by atoms with van der Waals surface area (Å²) in [4.78, 5) is 20.1. The summed E-state index contributed by atoms with van der Waals surface area (Å²) < 4.78 is 0. The van der Waals surface area contributed by atoms with Gasteiger partial charge in [0.25, 0.3) is 5.91 Å². The van der Waals surface area contributed by atoms with Crippen LogP contribution < -0.4 is 5.32 Å². The first-order valence-corrected chi connectivity index (χ1v) is 6.21. The van der Waals surface area contributed by atoms with E-state index in [9.17, 15) is 4.79 Å². The predicted octanol–water partition coefficient (Wildman–Crippen LogP) is 0.223. The van der Waals surface area contributed by atoms with Crippen LogP contribution in [0.2, 0.25) is 0 Å². The summed E-state index contributed by atoms with van der Waals surface area (Å²) in [5.41, 5.74) is 1.66. The second-order valence-electron chi connectivity index (χ2n) is 4.28. The van der Waals surface area contributed by atoms with E-state index in [0.29, 0.717) is 17.3 Å². The molecule has 0 fully saturated rings. The van der Waals surface area contributed by atoms with Crippen molar-refractivity contribution in [3.63, 3.8) is 0 Å². The lowest BCUT2D eigenvalue weighted by atomic mass is 10.2. The molecule has 3 aromatic heterocycles. The Morgan fingerprint density at radius 1 is 1.24 bits per heavy atom. The van der Waals surface area contributed by atoms with Gasteiger partial charge in [0.1, 0.15) is 5.82 Å². The highest BCUT2D eigenvalue weighted by atomic mass is 16.2. The van der Waals surface area contributed by atoms with Crippen molar-refractivity contribution in [2.75, 3.05) is 0 Å². The number of nitrogens with one attached hydrogen (secondary N) is 3. The summed E-state index contributed by atoms with van der Waals surface area (Å²) in [5.74, 6) is 0.790. The maximum Gasteiger partial charge on any atom is 0.274 e. The molecule has 0 aliphatic heterocycles. The van der Waals surface area contributed by atoms with E-state index < -0.39 is 0 Å². The van der Waals surface area contributed by atoms with Crippen molar-refractivity contribution in [3.05, 3.63) is 41.7 Å². The average Bonchev–Trinajstić information content (AvgIpc) is 3.15. The van der Waals surface area contributed by atoms with Crippen LogP contribution in [0, 0.1) is 6.92 Å². The third kappa shape index (κ3) is 2.76. The van der Waals surface area contributed by atoms with E-state index >= 15 is 0 Å². The average molecular weight is 284 g/mol. The quantitative estimate of drug-likeness (QED) is 0.629. The fourth-order valence-electron chi connectivity index (χ4n) is 1.75. The summed E-state index contributed by atoms with van der Waals surface area (Å²) in [7, 11) is 0. The molecule has 9 nitrogen and oxygen atoms in total. The first-order chi connectivity index (χ1) is 10.2. The lowest BCUT2D eigenvalue weighted by molar-refractivity contribution is 0.0944. The monoisotopic (exact) mass is 284 g/mol. The number of nitrogens with zero attached hydrogens (tertiary/aromatic N) is 5. The Kier molecular flexibility index (Phi) is 3.37. The normalized spacial score (nSPS) is 10.5. The maximum atomic E-state index is 11.9. The molecule has 0 radical (unpaired) electrons. The van der Waals surface area contributed by atoms with Gasteiger partial charge in [-0.2, -0.15) is 20.5 Å². The van der Waals surface area contributed by atoms with Gasteiger partial charge in [-0.25, -0.2) is 4.98 Å². The second-order valence-corrected chi connectivity index (χ2v) is 4.28. The molecule has 21 heavy (non-hydrogen) atoms. The van der Waals surface area contributed by atoms with Crippen LogP contribution in [0.3, 0.4) is 0 Å². The van der Waals surface area contributed by atoms with Crippen molar-refractivity contribution in [1.29, 1.82) is 0 Å². The van der Waals surface area contributed by atoms with Crippen LogP contribution in [-0.4, -0.2) is 41.5 Å². The number of H-pyrrole nitrogens is 2. The van der Waals surface area contributed by atoms with Crippen LogP contribution in [0.4, 0.5) is 0 Å². The number of hydrogen-bond donors (Lipinski definition) is 3. The second kappa shape index (κ2) is 5.49. The van der Waals surface area contributed by atoms with E-state index in [2.05, 4.69) is 40.9 Å². The molecular weight excluding hydrogens is 272 g/mol. The van der Waals surface area contributed by atoms with Crippen molar-refractivity contribution in [2.24, 2.45) is 0 Å². The molecule has 0 atom stereocenters. The van der Waals surface area contributed by atoms with Crippen molar-refractivity contribution < 1.29 is 4.79 Å². The lowest BCUT2D eigenvalue weighted by Crippen LogP contribution is -2.24. The standard InChI is InChI=1S/C12H12N8O/c1-7-10(18-20-16-7)12(21)14-6-9-15-11(19-17-9)8-2-4-13-5-3-8/h2-5H,6H2,1H3,(H,14,21)(H,15,17,19)(H,16,18,20). The van der Waals surface area contributed by atoms with E-state index in [4.69, 9.17) is 0 Å². The largest absolute Gasteiger partial charge is 0.343 e. The highest BCUT2D eigenvalue weighted by molar-refractivity contribution is 5.92. The smallest absolute Gasteiger partial charge is 0.274 e. The number of amides is 1. The molecular formula is C12H12N8O. The van der Waals surface area contributed by atoms with Crippen LogP contribution in [0.5, 0.6) is 0 Å². The van der Waals surface area contributed by atoms with Gasteiger partial charge in [-0.15, -0.1) is 0 Å². The highest BCUT2D eigenvalue weighted by Crippen LogP contribution is 2.12. The van der Waals surface area contributed by atoms with Gasteiger partial charge in [-0.3, -0.25) is 14.9 Å². The fraction of sp³-hybridized carbons (Fsp3) is 0.167. The van der Waals surface area contributed by atoms with Gasteiger partial charge in [0.15, 0.2) is 11.5 Å². The van der Waals surface area contributed by atoms with Crippen molar-refractivity contribution in [1.82, 2.24) is 40.9 Å². The molecule has 0 aliphatic rings. The molecule has 3 heterocycles. The van der Waals surface area contributed by atoms with Crippen LogP contribution in [0.25, 0.3) is 11.4 Å². The number of rotatable bonds is 4. The van der Waals surface area contributed by atoms with Crippen molar-refractivity contribution in [3.8, 4) is 11.4 Å². The predicted molar refractivity (Wildman–Crippen MR) is 71.9 cm³/mol. The Balaban J connectivity index is 1.66. The topological polar surface area (TPSA) is 125 Å². The molecule has 3 rings (SSSR count). The molecule has 106 valence electrons. The minimum Gasteiger partial charge on any atom is -0.343 e. The zero-order valence-electron chi connectivity index (χ0n) is 11.2. The van der Waals surface area contributed by atoms with Gasteiger partial charge in [-0.05, 0) is 19.1 Å². The van der Waals surface area contributed by atoms with Crippen molar-refractivity contribution >= 4 is 5.91 Å². The summed E-state index contributed by atoms with van der Waals surface area (Å²) >= 11 is 0. The third-order valence-corrected chi connectivity index (χ3v) is 2.82. The van der Waals surface area contributed by atoms with E-state index in [1.807, 2.05) is 12.1 Å². The summed E-state index contributed by atoms with van der Waals surface area (Å²) in [6, 6.07) is 3.62. The highest BCUT2D eigenvalue weighted by Gasteiger charge is 2.13. The molecule has 0 saturated heterocycles. The van der Waals surface area contributed by atoms with Crippen LogP contribution in [0.15, 0.2) is 24.5 Å². The molecule has 3 aromatic rings. The van der Waals surface area contributed by atoms with E-state index in [1.165, 1.54) is 0 Å². The Morgan fingerprint density at radius 2 is 2.05 bits per heavy atom. The zero-order chi connectivity index (χ0) is 14.7. The van der Waals surface area contributed by atoms with Crippen LogP contribution in [0.1, 0.15) is 22.0 Å². The Morgan fingerprint density at radius 3 is 2.76 bits per heavy atom. The summed E-state index contributed by atoms with van der Waals surface area (Å²) in [6.07, 6.45) is 3.33. The Labute approximate surface area is 119 Å². The molecule has 3 N–H and O–H groups in total.